The van der Waals surface area contributed by atoms with Gasteiger partial charge in [0, 0.05) is 57.6 Å². The van der Waals surface area contributed by atoms with Crippen molar-refractivity contribution in [3.05, 3.63) is 24.3 Å². The minimum absolute atomic E-state index is 0.0837. The summed E-state index contributed by atoms with van der Waals surface area (Å²) in [5, 5.41) is 9.74. The van der Waals surface area contributed by atoms with Gasteiger partial charge in [0.05, 0.1) is 6.20 Å². The Morgan fingerprint density at radius 3 is 2.79 bits per heavy atom. The first kappa shape index (κ1) is 17.3. The fourth-order valence-electron chi connectivity index (χ4n) is 3.70. The first-order valence-corrected chi connectivity index (χ1v) is 8.74. The minimum atomic E-state index is -0.0837. The number of aliphatic hydroxyl groups excluding tert-OH is 1. The van der Waals surface area contributed by atoms with E-state index >= 15 is 0 Å². The molecule has 2 saturated heterocycles. The summed E-state index contributed by atoms with van der Waals surface area (Å²) in [6.07, 6.45) is 5.79. The molecular weight excluding hydrogens is 306 g/mol. The van der Waals surface area contributed by atoms with Gasteiger partial charge in [-0.2, -0.15) is 0 Å². The van der Waals surface area contributed by atoms with Crippen LogP contribution in [0.4, 0.5) is 0 Å². The number of carbonyl (C=O) groups excluding carboxylic acids is 1. The fraction of sp³-hybridized carbons (Fsp3) is 0.706. The number of likely N-dealkylation sites (N-methyl/N-ethyl adjacent to an activating group) is 1. The monoisotopic (exact) mass is 333 g/mol. The third-order valence-electron chi connectivity index (χ3n) is 5.19. The average molecular weight is 333 g/mol. The molecule has 24 heavy (non-hydrogen) atoms. The summed E-state index contributed by atoms with van der Waals surface area (Å²) in [7, 11) is 2.16. The first-order chi connectivity index (χ1) is 11.7. The third kappa shape index (κ3) is 4.09. The Kier molecular flexibility index (Phi) is 5.76. The summed E-state index contributed by atoms with van der Waals surface area (Å²) in [6, 6.07) is 0. The first-order valence-electron chi connectivity index (χ1n) is 8.74. The second-order valence-corrected chi connectivity index (χ2v) is 6.96. The molecular formula is C17H27N5O2. The zero-order chi connectivity index (χ0) is 16.9. The molecule has 0 aliphatic carbocycles. The molecule has 0 saturated carbocycles. The summed E-state index contributed by atoms with van der Waals surface area (Å²) in [5.74, 6) is 0.380. The molecule has 2 aliphatic heterocycles. The Morgan fingerprint density at radius 2 is 2.04 bits per heavy atom. The van der Waals surface area contributed by atoms with Gasteiger partial charge in [-0.3, -0.25) is 9.78 Å². The van der Waals surface area contributed by atoms with E-state index in [4.69, 9.17) is 0 Å². The molecule has 2 fully saturated rings. The second-order valence-electron chi connectivity index (χ2n) is 6.96. The maximum atomic E-state index is 12.6. The van der Waals surface area contributed by atoms with Crippen LogP contribution in [0.3, 0.4) is 0 Å². The standard InChI is InChI=1S/C17H27N5O2/c1-20-5-2-6-21(8-7-20)10-14-11-22(12-15(14)13-23)17(24)16-9-18-3-4-19-16/h3-4,9,14-15,23H,2,5-8,10-13H2,1H3/t14-,15-/m1/s1. The molecule has 2 aliphatic rings. The van der Waals surface area contributed by atoms with Gasteiger partial charge in [0.25, 0.3) is 5.91 Å². The number of aromatic nitrogens is 2. The second kappa shape index (κ2) is 8.00. The molecule has 0 spiro atoms. The number of hydrogen-bond donors (Lipinski definition) is 1. The van der Waals surface area contributed by atoms with Gasteiger partial charge in [0.15, 0.2) is 0 Å². The van der Waals surface area contributed by atoms with E-state index < -0.39 is 0 Å². The molecule has 0 radical (unpaired) electrons. The summed E-state index contributed by atoms with van der Waals surface area (Å²) in [6.45, 7) is 6.74. The number of amides is 1. The van der Waals surface area contributed by atoms with Crippen LogP contribution in [0.5, 0.6) is 0 Å². The maximum Gasteiger partial charge on any atom is 0.274 e. The van der Waals surface area contributed by atoms with E-state index in [0.29, 0.717) is 24.7 Å². The Labute approximate surface area is 143 Å². The highest BCUT2D eigenvalue weighted by Crippen LogP contribution is 2.25. The number of aliphatic hydroxyl groups is 1. The van der Waals surface area contributed by atoms with Gasteiger partial charge in [-0.05, 0) is 32.5 Å². The summed E-state index contributed by atoms with van der Waals surface area (Å²) >= 11 is 0. The molecule has 7 nitrogen and oxygen atoms in total. The molecule has 1 amide bonds. The maximum absolute atomic E-state index is 12.6. The molecule has 1 aromatic heterocycles. The van der Waals surface area contributed by atoms with Gasteiger partial charge in [-0.25, -0.2) is 4.98 Å². The van der Waals surface area contributed by atoms with Crippen molar-refractivity contribution in [2.24, 2.45) is 11.8 Å². The topological polar surface area (TPSA) is 72.8 Å². The lowest BCUT2D eigenvalue weighted by Crippen LogP contribution is -2.36. The molecule has 3 heterocycles. The van der Waals surface area contributed by atoms with E-state index in [1.165, 1.54) is 18.8 Å². The third-order valence-corrected chi connectivity index (χ3v) is 5.19. The van der Waals surface area contributed by atoms with Gasteiger partial charge in [0.2, 0.25) is 0 Å². The van der Waals surface area contributed by atoms with Crippen LogP contribution in [0.1, 0.15) is 16.9 Å². The molecule has 1 N–H and O–H groups in total. The van der Waals surface area contributed by atoms with Gasteiger partial charge in [-0.15, -0.1) is 0 Å². The van der Waals surface area contributed by atoms with Crippen LogP contribution in [-0.4, -0.2) is 95.1 Å². The zero-order valence-electron chi connectivity index (χ0n) is 14.3. The lowest BCUT2D eigenvalue weighted by Gasteiger charge is -2.26. The van der Waals surface area contributed by atoms with Crippen LogP contribution in [0.2, 0.25) is 0 Å². The van der Waals surface area contributed by atoms with Crippen molar-refractivity contribution in [1.29, 1.82) is 0 Å². The highest BCUT2D eigenvalue weighted by Gasteiger charge is 2.36. The van der Waals surface area contributed by atoms with Crippen LogP contribution in [0.25, 0.3) is 0 Å². The van der Waals surface area contributed by atoms with Crippen LogP contribution in [0.15, 0.2) is 18.6 Å². The summed E-state index contributed by atoms with van der Waals surface area (Å²) in [5.41, 5.74) is 0.381. The fourth-order valence-corrected chi connectivity index (χ4v) is 3.70. The molecule has 0 bridgehead atoms. The Bertz CT molecular complexity index is 541. The van der Waals surface area contributed by atoms with Gasteiger partial charge in [0.1, 0.15) is 5.69 Å². The normalized spacial score (nSPS) is 26.5. The largest absolute Gasteiger partial charge is 0.396 e. The van der Waals surface area contributed by atoms with Crippen molar-refractivity contribution in [1.82, 2.24) is 24.7 Å². The molecule has 3 rings (SSSR count). The Hall–Kier alpha value is -1.57. The molecule has 132 valence electrons. The number of nitrogens with zero attached hydrogens (tertiary/aromatic N) is 5. The predicted molar refractivity (Wildman–Crippen MR) is 90.6 cm³/mol. The van der Waals surface area contributed by atoms with Crippen molar-refractivity contribution in [3.63, 3.8) is 0 Å². The van der Waals surface area contributed by atoms with E-state index in [1.807, 2.05) is 4.90 Å². The average Bonchev–Trinajstić information content (AvgIpc) is 2.91. The van der Waals surface area contributed by atoms with Crippen molar-refractivity contribution in [2.45, 2.75) is 6.42 Å². The Balaban J connectivity index is 1.61. The van der Waals surface area contributed by atoms with Crippen molar-refractivity contribution < 1.29 is 9.90 Å². The van der Waals surface area contributed by atoms with Gasteiger partial charge in [-0.1, -0.05) is 0 Å². The predicted octanol–water partition coefficient (Wildman–Crippen LogP) is -0.205. The van der Waals surface area contributed by atoms with Crippen LogP contribution >= 0.6 is 0 Å². The highest BCUT2D eigenvalue weighted by atomic mass is 16.3. The number of carbonyl (C=O) groups is 1. The van der Waals surface area contributed by atoms with Crippen molar-refractivity contribution in [2.75, 3.05) is 59.5 Å². The lowest BCUT2D eigenvalue weighted by molar-refractivity contribution is 0.0772. The molecule has 1 aromatic rings. The molecule has 7 heteroatoms. The Morgan fingerprint density at radius 1 is 1.21 bits per heavy atom. The molecule has 2 atom stereocenters. The molecule has 0 unspecified atom stereocenters. The van der Waals surface area contributed by atoms with Crippen LogP contribution in [0, 0.1) is 11.8 Å². The number of rotatable bonds is 4. The van der Waals surface area contributed by atoms with Crippen LogP contribution in [-0.2, 0) is 0 Å². The van der Waals surface area contributed by atoms with Crippen molar-refractivity contribution in [3.8, 4) is 0 Å². The lowest BCUT2D eigenvalue weighted by atomic mass is 9.96. The minimum Gasteiger partial charge on any atom is -0.396 e. The zero-order valence-corrected chi connectivity index (χ0v) is 14.3. The van der Waals surface area contributed by atoms with E-state index in [9.17, 15) is 9.90 Å². The summed E-state index contributed by atoms with van der Waals surface area (Å²) < 4.78 is 0. The van der Waals surface area contributed by atoms with E-state index in [0.717, 1.165) is 32.7 Å². The van der Waals surface area contributed by atoms with E-state index in [-0.39, 0.29) is 18.4 Å². The van der Waals surface area contributed by atoms with E-state index in [2.05, 4.69) is 26.8 Å². The van der Waals surface area contributed by atoms with Gasteiger partial charge < -0.3 is 19.8 Å². The van der Waals surface area contributed by atoms with Gasteiger partial charge >= 0.3 is 0 Å². The summed E-state index contributed by atoms with van der Waals surface area (Å²) in [4.78, 5) is 27.3. The smallest absolute Gasteiger partial charge is 0.274 e. The SMILES string of the molecule is CN1CCCN(C[C@@H]2CN(C(=O)c3cnccn3)C[C@@H]2CO)CC1. The number of likely N-dealkylation sites (tertiary alicyclic amines) is 1. The van der Waals surface area contributed by atoms with Crippen molar-refractivity contribution >= 4 is 5.91 Å². The van der Waals surface area contributed by atoms with E-state index in [1.54, 1.807) is 6.20 Å². The van der Waals surface area contributed by atoms with Crippen LogP contribution < -0.4 is 0 Å². The molecule has 0 aromatic carbocycles. The highest BCUT2D eigenvalue weighted by molar-refractivity contribution is 5.92. The number of hydrogen-bond acceptors (Lipinski definition) is 6. The quantitative estimate of drug-likeness (QED) is 0.822.